The summed E-state index contributed by atoms with van der Waals surface area (Å²) in [5, 5.41) is 3.67. The maximum Gasteiger partial charge on any atom is 0.317 e. The van der Waals surface area contributed by atoms with Crippen molar-refractivity contribution in [2.75, 3.05) is 5.75 Å². The fourth-order valence-electron chi connectivity index (χ4n) is 3.26. The lowest BCUT2D eigenvalue weighted by Crippen LogP contribution is -2.46. The van der Waals surface area contributed by atoms with E-state index in [1.807, 2.05) is 24.3 Å². The molecule has 0 bridgehead atoms. The second kappa shape index (κ2) is 9.17. The number of aromatic nitrogens is 2. The third-order valence-corrected chi connectivity index (χ3v) is 5.75. The summed E-state index contributed by atoms with van der Waals surface area (Å²) in [6.45, 7) is 3.77. The number of benzene rings is 1. The molecule has 3 rings (SSSR count). The molecular weight excluding hydrogens is 362 g/mol. The van der Waals surface area contributed by atoms with Crippen LogP contribution in [0.1, 0.15) is 39.5 Å². The molecule has 1 amide bonds. The van der Waals surface area contributed by atoms with E-state index in [1.54, 1.807) is 13.1 Å². The van der Waals surface area contributed by atoms with Crippen molar-refractivity contribution in [3.05, 3.63) is 30.5 Å². The molecule has 6 nitrogen and oxygen atoms in total. The van der Waals surface area contributed by atoms with Crippen LogP contribution in [0, 0.1) is 5.92 Å². The van der Waals surface area contributed by atoms with Crippen molar-refractivity contribution in [2.45, 2.75) is 56.7 Å². The number of carbonyl (C=O) groups is 2. The summed E-state index contributed by atoms with van der Waals surface area (Å²) < 4.78 is 5.28. The van der Waals surface area contributed by atoms with Crippen LogP contribution in [-0.2, 0) is 14.3 Å². The largest absolute Gasteiger partial charge is 0.452 e. The highest BCUT2D eigenvalue weighted by molar-refractivity contribution is 7.99. The lowest BCUT2D eigenvalue weighted by Gasteiger charge is -2.30. The smallest absolute Gasteiger partial charge is 0.317 e. The first kappa shape index (κ1) is 19.6. The zero-order valence-electron chi connectivity index (χ0n) is 15.7. The summed E-state index contributed by atoms with van der Waals surface area (Å²) in [7, 11) is 0. The highest BCUT2D eigenvalue weighted by Gasteiger charge is 2.26. The first-order valence-electron chi connectivity index (χ1n) is 9.37. The van der Waals surface area contributed by atoms with Crippen LogP contribution in [0.3, 0.4) is 0 Å². The van der Waals surface area contributed by atoms with Crippen LogP contribution in [0.25, 0.3) is 11.0 Å². The summed E-state index contributed by atoms with van der Waals surface area (Å²) >= 11 is 1.25. The van der Waals surface area contributed by atoms with Crippen LogP contribution in [0.15, 0.2) is 35.5 Å². The molecule has 1 saturated carbocycles. The molecule has 3 atom stereocenters. The van der Waals surface area contributed by atoms with Gasteiger partial charge in [0.2, 0.25) is 0 Å². The van der Waals surface area contributed by atoms with E-state index in [0.717, 1.165) is 30.3 Å². The molecule has 0 aliphatic heterocycles. The zero-order chi connectivity index (χ0) is 19.2. The Hall–Kier alpha value is -2.15. The molecule has 1 aromatic heterocycles. The van der Waals surface area contributed by atoms with Gasteiger partial charge < -0.3 is 10.1 Å². The van der Waals surface area contributed by atoms with Crippen LogP contribution >= 0.6 is 11.8 Å². The molecule has 2 aromatic rings. The Morgan fingerprint density at radius 3 is 2.78 bits per heavy atom. The fraction of sp³-hybridized carbons (Fsp3) is 0.500. The Morgan fingerprint density at radius 1 is 1.26 bits per heavy atom. The minimum atomic E-state index is -0.796. The van der Waals surface area contributed by atoms with Gasteiger partial charge >= 0.3 is 5.97 Å². The van der Waals surface area contributed by atoms with Gasteiger partial charge in [-0.3, -0.25) is 14.6 Å². The predicted molar refractivity (Wildman–Crippen MR) is 105 cm³/mol. The summed E-state index contributed by atoms with van der Waals surface area (Å²) in [5.74, 6) is -0.107. The van der Waals surface area contributed by atoms with Gasteiger partial charge in [0.25, 0.3) is 5.91 Å². The highest BCUT2D eigenvalue weighted by Crippen LogP contribution is 2.24. The average molecular weight is 388 g/mol. The molecule has 1 aliphatic carbocycles. The van der Waals surface area contributed by atoms with Crippen molar-refractivity contribution in [3.8, 4) is 0 Å². The van der Waals surface area contributed by atoms with Gasteiger partial charge in [-0.25, -0.2) is 4.98 Å². The molecule has 1 heterocycles. The molecule has 7 heteroatoms. The van der Waals surface area contributed by atoms with Gasteiger partial charge in [0.05, 0.1) is 23.0 Å². The van der Waals surface area contributed by atoms with E-state index in [-0.39, 0.29) is 17.7 Å². The number of rotatable bonds is 6. The van der Waals surface area contributed by atoms with Crippen molar-refractivity contribution in [1.82, 2.24) is 15.3 Å². The molecular formula is C20H25N3O3S. The number of para-hydroxylation sites is 2. The molecule has 0 unspecified atom stereocenters. The Labute approximate surface area is 163 Å². The standard InChI is InChI=1S/C20H25N3O3S/c1-13-7-3-4-8-15(13)23-20(25)14(2)26-19(24)12-27-18-11-21-16-9-5-6-10-17(16)22-18/h5-6,9-11,13-15H,3-4,7-8,12H2,1-2H3,(H,23,25)/t13-,14-,15-/m0/s1. The summed E-state index contributed by atoms with van der Waals surface area (Å²) in [4.78, 5) is 33.2. The molecule has 27 heavy (non-hydrogen) atoms. The van der Waals surface area contributed by atoms with E-state index in [9.17, 15) is 9.59 Å². The average Bonchev–Trinajstić information content (AvgIpc) is 2.68. The van der Waals surface area contributed by atoms with E-state index >= 15 is 0 Å². The molecule has 144 valence electrons. The minimum absolute atomic E-state index is 0.0878. The molecule has 0 saturated heterocycles. The zero-order valence-corrected chi connectivity index (χ0v) is 16.5. The van der Waals surface area contributed by atoms with Gasteiger partial charge in [0.1, 0.15) is 5.03 Å². The lowest BCUT2D eigenvalue weighted by molar-refractivity contribution is -0.152. The van der Waals surface area contributed by atoms with Crippen LogP contribution in [0.2, 0.25) is 0 Å². The van der Waals surface area contributed by atoms with Gasteiger partial charge in [-0.2, -0.15) is 0 Å². The molecule has 0 radical (unpaired) electrons. The van der Waals surface area contributed by atoms with Gasteiger partial charge in [-0.05, 0) is 37.8 Å². The number of thioether (sulfide) groups is 1. The third-order valence-electron chi connectivity index (χ3n) is 4.88. The first-order chi connectivity index (χ1) is 13.0. The maximum absolute atomic E-state index is 12.3. The number of carbonyl (C=O) groups excluding carboxylic acids is 2. The van der Waals surface area contributed by atoms with Gasteiger partial charge in [0.15, 0.2) is 6.10 Å². The second-order valence-electron chi connectivity index (χ2n) is 6.99. The molecule has 1 fully saturated rings. The van der Waals surface area contributed by atoms with Crippen LogP contribution in [0.5, 0.6) is 0 Å². The topological polar surface area (TPSA) is 81.2 Å². The number of nitrogens with zero attached hydrogens (tertiary/aromatic N) is 2. The van der Waals surface area contributed by atoms with Crippen LogP contribution < -0.4 is 5.32 Å². The SMILES string of the molecule is C[C@H](OC(=O)CSc1cnc2ccccc2n1)C(=O)N[C@H]1CCCC[C@@H]1C. The molecule has 1 N–H and O–H groups in total. The molecule has 1 aromatic carbocycles. The number of hydrogen-bond acceptors (Lipinski definition) is 6. The number of hydrogen-bond donors (Lipinski definition) is 1. The number of fused-ring (bicyclic) bond motifs is 1. The first-order valence-corrected chi connectivity index (χ1v) is 10.4. The Balaban J connectivity index is 1.46. The van der Waals surface area contributed by atoms with E-state index in [1.165, 1.54) is 18.2 Å². The van der Waals surface area contributed by atoms with Gasteiger partial charge in [0, 0.05) is 6.04 Å². The summed E-state index contributed by atoms with van der Waals surface area (Å²) in [6, 6.07) is 7.74. The predicted octanol–water partition coefficient (Wildman–Crippen LogP) is 3.35. The van der Waals surface area contributed by atoms with Crippen molar-refractivity contribution in [2.24, 2.45) is 5.92 Å². The Bertz CT molecular complexity index is 814. The monoisotopic (exact) mass is 387 g/mol. The van der Waals surface area contributed by atoms with Gasteiger partial charge in [-0.15, -0.1) is 0 Å². The second-order valence-corrected chi connectivity index (χ2v) is 7.99. The highest BCUT2D eigenvalue weighted by atomic mass is 32.2. The van der Waals surface area contributed by atoms with Crippen molar-refractivity contribution < 1.29 is 14.3 Å². The third kappa shape index (κ3) is 5.42. The Morgan fingerprint density at radius 2 is 2.00 bits per heavy atom. The number of nitrogens with one attached hydrogen (secondary N) is 1. The van der Waals surface area contributed by atoms with E-state index in [2.05, 4.69) is 22.2 Å². The van der Waals surface area contributed by atoms with Crippen molar-refractivity contribution >= 4 is 34.7 Å². The Kier molecular flexibility index (Phi) is 6.66. The van der Waals surface area contributed by atoms with E-state index < -0.39 is 12.1 Å². The quantitative estimate of drug-likeness (QED) is 0.605. The van der Waals surface area contributed by atoms with Crippen LogP contribution in [-0.4, -0.2) is 39.7 Å². The normalized spacial score (nSPS) is 20.8. The van der Waals surface area contributed by atoms with Crippen LogP contribution in [0.4, 0.5) is 0 Å². The minimum Gasteiger partial charge on any atom is -0.452 e. The van der Waals surface area contributed by atoms with Crippen molar-refractivity contribution in [3.63, 3.8) is 0 Å². The van der Waals surface area contributed by atoms with Crippen molar-refractivity contribution in [1.29, 1.82) is 0 Å². The number of amides is 1. The lowest BCUT2D eigenvalue weighted by atomic mass is 9.86. The van der Waals surface area contributed by atoms with Gasteiger partial charge in [-0.1, -0.05) is 43.7 Å². The van der Waals surface area contributed by atoms with E-state index in [0.29, 0.717) is 10.9 Å². The number of esters is 1. The maximum atomic E-state index is 12.3. The summed E-state index contributed by atoms with van der Waals surface area (Å²) in [5.41, 5.74) is 1.59. The number of ether oxygens (including phenoxy) is 1. The molecule has 1 aliphatic rings. The molecule has 0 spiro atoms. The van der Waals surface area contributed by atoms with E-state index in [4.69, 9.17) is 4.74 Å². The summed E-state index contributed by atoms with van der Waals surface area (Å²) in [6.07, 6.45) is 5.31. The fourth-order valence-corrected chi connectivity index (χ4v) is 3.88.